The summed E-state index contributed by atoms with van der Waals surface area (Å²) in [6, 6.07) is 14.2. The summed E-state index contributed by atoms with van der Waals surface area (Å²) in [4.78, 5) is 4.18. The third-order valence-electron chi connectivity index (χ3n) is 3.11. The molecule has 0 saturated carbocycles. The van der Waals surface area contributed by atoms with Gasteiger partial charge < -0.3 is 5.32 Å². The Morgan fingerprint density at radius 2 is 1.62 bits per heavy atom. The van der Waals surface area contributed by atoms with Gasteiger partial charge in [0.25, 0.3) is 0 Å². The van der Waals surface area contributed by atoms with E-state index >= 15 is 0 Å². The maximum atomic E-state index is 11.2. The minimum Gasteiger partial charge on any atom is -0.356 e. The van der Waals surface area contributed by atoms with E-state index in [0.29, 0.717) is 0 Å². The minimum absolute atomic E-state index is 0.0933. The second-order valence-electron chi connectivity index (χ2n) is 4.63. The minimum atomic E-state index is -3.66. The number of pyridine rings is 1. The molecule has 0 aliphatic heterocycles. The van der Waals surface area contributed by atoms with Gasteiger partial charge in [0.05, 0.1) is 4.90 Å². The zero-order valence-electron chi connectivity index (χ0n) is 11.0. The first-order chi connectivity index (χ1) is 10.0. The standard InChI is InChI=1S/C15H13N3O2S/c16-21(19,20)15-5-3-13(4-6-15)18-14-2-1-11-7-8-17-10-12(11)9-14/h1-10,18H,(H2,16,19,20). The van der Waals surface area contributed by atoms with Crippen LogP contribution in [0.4, 0.5) is 11.4 Å². The highest BCUT2D eigenvalue weighted by atomic mass is 32.2. The molecule has 2 aromatic carbocycles. The highest BCUT2D eigenvalue weighted by molar-refractivity contribution is 7.89. The molecule has 0 bridgehead atoms. The molecule has 0 amide bonds. The maximum absolute atomic E-state index is 11.2. The number of nitrogens with zero attached hydrogens (tertiary/aromatic N) is 1. The number of aromatic nitrogens is 1. The van der Waals surface area contributed by atoms with Gasteiger partial charge in [0.15, 0.2) is 0 Å². The summed E-state index contributed by atoms with van der Waals surface area (Å²) < 4.78 is 22.4. The van der Waals surface area contributed by atoms with Crippen molar-refractivity contribution in [3.8, 4) is 0 Å². The lowest BCUT2D eigenvalue weighted by Crippen LogP contribution is -2.11. The van der Waals surface area contributed by atoms with Crippen LogP contribution in [0.3, 0.4) is 0 Å². The fraction of sp³-hybridized carbons (Fsp3) is 0. The van der Waals surface area contributed by atoms with Crippen LogP contribution in [-0.4, -0.2) is 13.4 Å². The van der Waals surface area contributed by atoms with Crippen LogP contribution in [0.1, 0.15) is 0 Å². The number of hydrogen-bond acceptors (Lipinski definition) is 4. The number of anilines is 2. The zero-order chi connectivity index (χ0) is 14.9. The predicted molar refractivity (Wildman–Crippen MR) is 82.8 cm³/mol. The van der Waals surface area contributed by atoms with Crippen LogP contribution in [0.2, 0.25) is 0 Å². The molecule has 1 heterocycles. The number of benzene rings is 2. The van der Waals surface area contributed by atoms with Crippen LogP contribution in [-0.2, 0) is 10.0 Å². The molecule has 0 unspecified atom stereocenters. The Bertz CT molecular complexity index is 890. The first kappa shape index (κ1) is 13.5. The lowest BCUT2D eigenvalue weighted by atomic mass is 10.1. The Hall–Kier alpha value is -2.44. The van der Waals surface area contributed by atoms with Crippen LogP contribution < -0.4 is 10.5 Å². The van der Waals surface area contributed by atoms with E-state index in [1.165, 1.54) is 12.1 Å². The monoisotopic (exact) mass is 299 g/mol. The number of hydrogen-bond donors (Lipinski definition) is 2. The smallest absolute Gasteiger partial charge is 0.238 e. The van der Waals surface area contributed by atoms with Gasteiger partial charge in [-0.2, -0.15) is 0 Å². The Kier molecular flexibility index (Phi) is 3.32. The molecule has 0 aliphatic carbocycles. The summed E-state index contributed by atoms with van der Waals surface area (Å²) in [6.45, 7) is 0. The topological polar surface area (TPSA) is 85.1 Å². The molecule has 3 rings (SSSR count). The fourth-order valence-electron chi connectivity index (χ4n) is 2.06. The van der Waals surface area contributed by atoms with E-state index in [2.05, 4.69) is 10.3 Å². The summed E-state index contributed by atoms with van der Waals surface area (Å²) in [6.07, 6.45) is 3.55. The van der Waals surface area contributed by atoms with E-state index in [1.54, 1.807) is 24.5 Å². The van der Waals surface area contributed by atoms with Crippen molar-refractivity contribution in [2.45, 2.75) is 4.90 Å². The Morgan fingerprint density at radius 3 is 2.33 bits per heavy atom. The molecule has 0 fully saturated rings. The van der Waals surface area contributed by atoms with Crippen molar-refractivity contribution in [1.29, 1.82) is 0 Å². The first-order valence-electron chi connectivity index (χ1n) is 6.26. The van der Waals surface area contributed by atoms with Crippen molar-refractivity contribution in [1.82, 2.24) is 4.98 Å². The van der Waals surface area contributed by atoms with Crippen LogP contribution >= 0.6 is 0 Å². The van der Waals surface area contributed by atoms with Gasteiger partial charge in [-0.15, -0.1) is 0 Å². The highest BCUT2D eigenvalue weighted by Crippen LogP contribution is 2.22. The van der Waals surface area contributed by atoms with E-state index in [9.17, 15) is 8.42 Å². The number of primary sulfonamides is 1. The van der Waals surface area contributed by atoms with E-state index in [1.807, 2.05) is 24.3 Å². The van der Waals surface area contributed by atoms with Crippen molar-refractivity contribution in [3.63, 3.8) is 0 Å². The van der Waals surface area contributed by atoms with Gasteiger partial charge in [-0.05, 0) is 47.9 Å². The average Bonchev–Trinajstić information content (AvgIpc) is 2.47. The summed E-state index contributed by atoms with van der Waals surface area (Å²) in [5.74, 6) is 0. The summed E-state index contributed by atoms with van der Waals surface area (Å²) in [5, 5.41) is 10.4. The van der Waals surface area contributed by atoms with Crippen LogP contribution in [0.15, 0.2) is 65.8 Å². The molecule has 3 aromatic rings. The molecule has 1 aromatic heterocycles. The van der Waals surface area contributed by atoms with E-state index < -0.39 is 10.0 Å². The molecule has 0 saturated heterocycles. The number of nitrogens with one attached hydrogen (secondary N) is 1. The molecule has 0 spiro atoms. The number of nitrogens with two attached hydrogens (primary N) is 1. The van der Waals surface area contributed by atoms with Gasteiger partial charge >= 0.3 is 0 Å². The van der Waals surface area contributed by atoms with Gasteiger partial charge in [-0.25, -0.2) is 13.6 Å². The van der Waals surface area contributed by atoms with Gasteiger partial charge in [-0.3, -0.25) is 4.98 Å². The molecule has 21 heavy (non-hydrogen) atoms. The Balaban J connectivity index is 1.88. The van der Waals surface area contributed by atoms with Crippen molar-refractivity contribution < 1.29 is 8.42 Å². The largest absolute Gasteiger partial charge is 0.356 e. The van der Waals surface area contributed by atoms with Crippen LogP contribution in [0, 0.1) is 0 Å². The molecular weight excluding hydrogens is 286 g/mol. The highest BCUT2D eigenvalue weighted by Gasteiger charge is 2.06. The lowest BCUT2D eigenvalue weighted by molar-refractivity contribution is 0.598. The molecule has 0 atom stereocenters. The lowest BCUT2D eigenvalue weighted by Gasteiger charge is -2.08. The number of rotatable bonds is 3. The van der Waals surface area contributed by atoms with E-state index in [-0.39, 0.29) is 4.90 Å². The van der Waals surface area contributed by atoms with Crippen LogP contribution in [0.5, 0.6) is 0 Å². The normalized spacial score (nSPS) is 11.5. The SMILES string of the molecule is NS(=O)(=O)c1ccc(Nc2ccc3ccncc3c2)cc1. The van der Waals surface area contributed by atoms with Crippen molar-refractivity contribution in [2.24, 2.45) is 5.14 Å². The van der Waals surface area contributed by atoms with Gasteiger partial charge in [0, 0.05) is 29.2 Å². The van der Waals surface area contributed by atoms with Crippen molar-refractivity contribution in [3.05, 3.63) is 60.9 Å². The molecule has 0 radical (unpaired) electrons. The number of fused-ring (bicyclic) bond motifs is 1. The molecular formula is C15H13N3O2S. The molecule has 3 N–H and O–H groups in total. The first-order valence-corrected chi connectivity index (χ1v) is 7.81. The second-order valence-corrected chi connectivity index (χ2v) is 6.19. The van der Waals surface area contributed by atoms with Gasteiger partial charge in [0.2, 0.25) is 10.0 Å². The molecule has 6 heteroatoms. The average molecular weight is 299 g/mol. The third kappa shape index (κ3) is 3.01. The van der Waals surface area contributed by atoms with E-state index in [0.717, 1.165) is 22.1 Å². The number of sulfonamides is 1. The predicted octanol–water partition coefficient (Wildman–Crippen LogP) is 2.63. The second kappa shape index (κ2) is 5.16. The summed E-state index contributed by atoms with van der Waals surface area (Å²) in [7, 11) is -3.66. The summed E-state index contributed by atoms with van der Waals surface area (Å²) in [5.41, 5.74) is 1.68. The quantitative estimate of drug-likeness (QED) is 0.778. The third-order valence-corrected chi connectivity index (χ3v) is 4.04. The van der Waals surface area contributed by atoms with Gasteiger partial charge in [0.1, 0.15) is 0 Å². The van der Waals surface area contributed by atoms with Crippen molar-refractivity contribution in [2.75, 3.05) is 5.32 Å². The molecule has 0 aliphatic rings. The maximum Gasteiger partial charge on any atom is 0.238 e. The van der Waals surface area contributed by atoms with Gasteiger partial charge in [-0.1, -0.05) is 6.07 Å². The summed E-state index contributed by atoms with van der Waals surface area (Å²) >= 11 is 0. The fourth-order valence-corrected chi connectivity index (χ4v) is 2.57. The Morgan fingerprint density at radius 1 is 0.905 bits per heavy atom. The Labute approximate surface area is 122 Å². The van der Waals surface area contributed by atoms with Crippen LogP contribution in [0.25, 0.3) is 10.8 Å². The van der Waals surface area contributed by atoms with Crippen molar-refractivity contribution >= 4 is 32.2 Å². The molecule has 106 valence electrons. The zero-order valence-corrected chi connectivity index (χ0v) is 11.8. The van der Waals surface area contributed by atoms with E-state index in [4.69, 9.17) is 5.14 Å². The molecule has 5 nitrogen and oxygen atoms in total.